The Morgan fingerprint density at radius 2 is 2.20 bits per heavy atom. The minimum absolute atomic E-state index is 0.0638. The van der Waals surface area contributed by atoms with Gasteiger partial charge in [-0.2, -0.15) is 10.2 Å². The molecule has 0 spiro atoms. The van der Waals surface area contributed by atoms with Crippen molar-refractivity contribution < 1.29 is 4.79 Å². The van der Waals surface area contributed by atoms with Crippen LogP contribution in [0.25, 0.3) is 0 Å². The molecule has 1 amide bonds. The van der Waals surface area contributed by atoms with Gasteiger partial charge in [-0.05, 0) is 31.4 Å². The Morgan fingerprint density at radius 3 is 2.80 bits per heavy atom. The Balaban J connectivity index is 1.69. The summed E-state index contributed by atoms with van der Waals surface area (Å²) < 4.78 is 1.76. The molecule has 2 aromatic heterocycles. The fourth-order valence-corrected chi connectivity index (χ4v) is 2.05. The summed E-state index contributed by atoms with van der Waals surface area (Å²) >= 11 is 0. The lowest BCUT2D eigenvalue weighted by Crippen LogP contribution is -2.25. The number of aromatic nitrogens is 4. The second-order valence-corrected chi connectivity index (χ2v) is 5.04. The molecule has 0 aliphatic heterocycles. The van der Waals surface area contributed by atoms with Crippen molar-refractivity contribution in [1.82, 2.24) is 25.3 Å². The van der Waals surface area contributed by atoms with Gasteiger partial charge in [-0.3, -0.25) is 14.6 Å². The smallest absolute Gasteiger partial charge is 0.220 e. The first-order valence-electron chi connectivity index (χ1n) is 6.81. The van der Waals surface area contributed by atoms with E-state index in [4.69, 9.17) is 0 Å². The Morgan fingerprint density at radius 1 is 1.40 bits per heavy atom. The highest BCUT2D eigenvalue weighted by atomic mass is 16.1. The highest BCUT2D eigenvalue weighted by molar-refractivity contribution is 5.76. The van der Waals surface area contributed by atoms with Gasteiger partial charge in [-0.25, -0.2) is 0 Å². The van der Waals surface area contributed by atoms with Crippen LogP contribution < -0.4 is 5.32 Å². The third-order valence-electron chi connectivity index (χ3n) is 3.44. The van der Waals surface area contributed by atoms with Gasteiger partial charge in [0.15, 0.2) is 0 Å². The quantitative estimate of drug-likeness (QED) is 0.827. The SMILES string of the molecule is Cc1[nH]nc(CCC(=O)NCCc2cnn(C)c2)c1C. The summed E-state index contributed by atoms with van der Waals surface area (Å²) in [5.74, 6) is 0.0638. The molecule has 2 heterocycles. The van der Waals surface area contributed by atoms with E-state index in [0.29, 0.717) is 19.4 Å². The van der Waals surface area contributed by atoms with Crippen LogP contribution in [0.15, 0.2) is 12.4 Å². The Hall–Kier alpha value is -2.11. The van der Waals surface area contributed by atoms with Crippen molar-refractivity contribution in [3.63, 3.8) is 0 Å². The van der Waals surface area contributed by atoms with Crippen LogP contribution in [0.5, 0.6) is 0 Å². The number of hydrogen-bond acceptors (Lipinski definition) is 3. The van der Waals surface area contributed by atoms with Crippen LogP contribution in [0.2, 0.25) is 0 Å². The van der Waals surface area contributed by atoms with Crippen LogP contribution in [-0.4, -0.2) is 32.4 Å². The van der Waals surface area contributed by atoms with E-state index in [9.17, 15) is 4.79 Å². The molecule has 6 nitrogen and oxygen atoms in total. The molecule has 0 aliphatic rings. The van der Waals surface area contributed by atoms with E-state index in [2.05, 4.69) is 20.6 Å². The molecule has 0 fully saturated rings. The van der Waals surface area contributed by atoms with Crippen molar-refractivity contribution >= 4 is 5.91 Å². The molecular weight excluding hydrogens is 254 g/mol. The van der Waals surface area contributed by atoms with Gasteiger partial charge < -0.3 is 5.32 Å². The minimum Gasteiger partial charge on any atom is -0.356 e. The number of rotatable bonds is 6. The molecule has 20 heavy (non-hydrogen) atoms. The van der Waals surface area contributed by atoms with Crippen molar-refractivity contribution in [3.8, 4) is 0 Å². The number of nitrogens with one attached hydrogen (secondary N) is 2. The molecule has 0 aliphatic carbocycles. The monoisotopic (exact) mass is 275 g/mol. The Kier molecular flexibility index (Phi) is 4.55. The van der Waals surface area contributed by atoms with Gasteiger partial charge in [0.2, 0.25) is 5.91 Å². The van der Waals surface area contributed by atoms with Crippen LogP contribution in [0.4, 0.5) is 0 Å². The summed E-state index contributed by atoms with van der Waals surface area (Å²) in [7, 11) is 1.89. The van der Waals surface area contributed by atoms with Crippen molar-refractivity contribution in [1.29, 1.82) is 0 Å². The summed E-state index contributed by atoms with van der Waals surface area (Å²) in [6.45, 7) is 4.65. The van der Waals surface area contributed by atoms with Crippen LogP contribution >= 0.6 is 0 Å². The number of carbonyl (C=O) groups is 1. The number of carbonyl (C=O) groups excluding carboxylic acids is 1. The first kappa shape index (κ1) is 14.3. The second-order valence-electron chi connectivity index (χ2n) is 5.04. The van der Waals surface area contributed by atoms with Crippen molar-refractivity contribution in [2.75, 3.05) is 6.54 Å². The lowest BCUT2D eigenvalue weighted by atomic mass is 10.1. The molecule has 0 saturated carbocycles. The lowest BCUT2D eigenvalue weighted by molar-refractivity contribution is -0.121. The highest BCUT2D eigenvalue weighted by Gasteiger charge is 2.08. The average Bonchev–Trinajstić information content (AvgIpc) is 2.96. The third kappa shape index (κ3) is 3.69. The van der Waals surface area contributed by atoms with Crippen molar-refractivity contribution in [2.24, 2.45) is 7.05 Å². The maximum Gasteiger partial charge on any atom is 0.220 e. The summed E-state index contributed by atoms with van der Waals surface area (Å²) in [4.78, 5) is 11.8. The largest absolute Gasteiger partial charge is 0.356 e. The number of nitrogens with zero attached hydrogens (tertiary/aromatic N) is 3. The van der Waals surface area contributed by atoms with E-state index >= 15 is 0 Å². The number of aryl methyl sites for hydroxylation is 3. The van der Waals surface area contributed by atoms with Gasteiger partial charge >= 0.3 is 0 Å². The molecule has 0 saturated heterocycles. The van der Waals surface area contributed by atoms with E-state index in [1.807, 2.05) is 33.3 Å². The van der Waals surface area contributed by atoms with Crippen LogP contribution in [0.3, 0.4) is 0 Å². The summed E-state index contributed by atoms with van der Waals surface area (Å²) in [6, 6.07) is 0. The average molecular weight is 275 g/mol. The van der Waals surface area contributed by atoms with E-state index in [1.54, 1.807) is 4.68 Å². The predicted molar refractivity (Wildman–Crippen MR) is 76.3 cm³/mol. The maximum atomic E-state index is 11.8. The Bertz CT molecular complexity index is 584. The third-order valence-corrected chi connectivity index (χ3v) is 3.44. The first-order valence-corrected chi connectivity index (χ1v) is 6.81. The number of amides is 1. The van der Waals surface area contributed by atoms with Gasteiger partial charge in [0.1, 0.15) is 0 Å². The zero-order chi connectivity index (χ0) is 14.5. The summed E-state index contributed by atoms with van der Waals surface area (Å²) in [6.07, 6.45) is 5.73. The molecule has 2 rings (SSSR count). The van der Waals surface area contributed by atoms with Crippen LogP contribution in [-0.2, 0) is 24.7 Å². The van der Waals surface area contributed by atoms with Gasteiger partial charge in [0.25, 0.3) is 0 Å². The zero-order valence-corrected chi connectivity index (χ0v) is 12.2. The Labute approximate surface area is 118 Å². The zero-order valence-electron chi connectivity index (χ0n) is 12.2. The molecule has 6 heteroatoms. The maximum absolute atomic E-state index is 11.8. The topological polar surface area (TPSA) is 75.6 Å². The highest BCUT2D eigenvalue weighted by Crippen LogP contribution is 2.10. The lowest BCUT2D eigenvalue weighted by Gasteiger charge is -2.03. The van der Waals surface area contributed by atoms with E-state index < -0.39 is 0 Å². The minimum atomic E-state index is 0.0638. The molecular formula is C14H21N5O. The molecule has 0 unspecified atom stereocenters. The van der Waals surface area contributed by atoms with Crippen molar-refractivity contribution in [3.05, 3.63) is 34.9 Å². The molecule has 2 aromatic rings. The normalized spacial score (nSPS) is 10.8. The molecule has 108 valence electrons. The molecule has 2 N–H and O–H groups in total. The summed E-state index contributed by atoms with van der Waals surface area (Å²) in [5.41, 5.74) is 4.32. The number of hydrogen-bond donors (Lipinski definition) is 2. The van der Waals surface area contributed by atoms with Gasteiger partial charge in [0, 0.05) is 38.3 Å². The number of aromatic amines is 1. The standard InChI is InChI=1S/C14H21N5O/c1-10-11(2)17-18-13(10)4-5-14(20)15-7-6-12-8-16-19(3)9-12/h8-9H,4-7H2,1-3H3,(H,15,20)(H,17,18). The van der Waals surface area contributed by atoms with Gasteiger partial charge in [-0.1, -0.05) is 0 Å². The van der Waals surface area contributed by atoms with E-state index in [-0.39, 0.29) is 5.91 Å². The van der Waals surface area contributed by atoms with Crippen molar-refractivity contribution in [2.45, 2.75) is 33.1 Å². The number of H-pyrrole nitrogens is 1. The second kappa shape index (κ2) is 6.36. The van der Waals surface area contributed by atoms with Crippen LogP contribution in [0.1, 0.15) is 28.9 Å². The summed E-state index contributed by atoms with van der Waals surface area (Å²) in [5, 5.41) is 14.2. The van der Waals surface area contributed by atoms with Crippen LogP contribution in [0, 0.1) is 13.8 Å². The van der Waals surface area contributed by atoms with E-state index in [0.717, 1.165) is 28.9 Å². The fraction of sp³-hybridized carbons (Fsp3) is 0.500. The predicted octanol–water partition coefficient (Wildman–Crippen LogP) is 1.05. The fourth-order valence-electron chi connectivity index (χ4n) is 2.05. The van der Waals surface area contributed by atoms with Gasteiger partial charge in [-0.15, -0.1) is 0 Å². The first-order chi connectivity index (χ1) is 9.56. The molecule has 0 aromatic carbocycles. The molecule has 0 radical (unpaired) electrons. The molecule has 0 atom stereocenters. The van der Waals surface area contributed by atoms with Gasteiger partial charge in [0.05, 0.1) is 11.9 Å². The molecule has 0 bridgehead atoms. The van der Waals surface area contributed by atoms with E-state index in [1.165, 1.54) is 0 Å².